The molecule has 27 heavy (non-hydrogen) atoms. The molecule has 0 bridgehead atoms. The van der Waals surface area contributed by atoms with Crippen LogP contribution in [0, 0.1) is 12.8 Å². The summed E-state index contributed by atoms with van der Waals surface area (Å²) in [5.41, 5.74) is 2.45. The summed E-state index contributed by atoms with van der Waals surface area (Å²) in [5, 5.41) is 8.42. The summed E-state index contributed by atoms with van der Waals surface area (Å²) in [4.78, 5) is 19.0. The molecule has 7 heteroatoms. The van der Waals surface area contributed by atoms with Crippen LogP contribution in [-0.2, 0) is 13.5 Å². The van der Waals surface area contributed by atoms with E-state index in [1.165, 1.54) is 0 Å². The monoisotopic (exact) mass is 365 g/mol. The number of aromatic nitrogens is 4. The van der Waals surface area contributed by atoms with Crippen LogP contribution in [0.5, 0.6) is 0 Å². The lowest BCUT2D eigenvalue weighted by Crippen LogP contribution is -2.39. The summed E-state index contributed by atoms with van der Waals surface area (Å²) in [6, 6.07) is 11.6. The van der Waals surface area contributed by atoms with E-state index in [1.54, 1.807) is 4.68 Å². The smallest absolute Gasteiger partial charge is 0.274 e. The molecular weight excluding hydrogens is 342 g/mol. The Morgan fingerprint density at radius 1 is 1.22 bits per heavy atom. The minimum absolute atomic E-state index is 0.0167. The Hall–Kier alpha value is -2.96. The van der Waals surface area contributed by atoms with Crippen LogP contribution in [-0.4, -0.2) is 43.8 Å². The summed E-state index contributed by atoms with van der Waals surface area (Å²) in [6.45, 7) is 3.43. The molecule has 3 heterocycles. The third kappa shape index (κ3) is 3.77. The maximum absolute atomic E-state index is 12.6. The van der Waals surface area contributed by atoms with E-state index < -0.39 is 0 Å². The van der Waals surface area contributed by atoms with Crippen molar-refractivity contribution in [3.8, 4) is 11.5 Å². The van der Waals surface area contributed by atoms with Crippen LogP contribution >= 0.6 is 0 Å². The molecule has 1 saturated heterocycles. The Balaban J connectivity index is 1.33. The molecule has 3 aromatic rings. The lowest BCUT2D eigenvalue weighted by molar-refractivity contribution is 0.0683. The third-order valence-electron chi connectivity index (χ3n) is 5.19. The first kappa shape index (κ1) is 17.5. The Bertz CT molecular complexity index is 904. The third-order valence-corrected chi connectivity index (χ3v) is 5.19. The molecule has 140 valence electrons. The van der Waals surface area contributed by atoms with Crippen LogP contribution in [0.3, 0.4) is 0 Å². The molecule has 0 saturated carbocycles. The molecular formula is C20H23N5O2. The zero-order chi connectivity index (χ0) is 18.8. The Labute approximate surface area is 158 Å². The quantitative estimate of drug-likeness (QED) is 0.710. The van der Waals surface area contributed by atoms with E-state index in [0.29, 0.717) is 17.5 Å². The van der Waals surface area contributed by atoms with Gasteiger partial charge in [-0.25, -0.2) is 0 Å². The van der Waals surface area contributed by atoms with Crippen molar-refractivity contribution < 1.29 is 9.32 Å². The number of piperidine rings is 1. The SMILES string of the molecule is Cc1cc(C(=O)N2CCC(Cc3noc(-c4ccccc4)n3)CC2)nn1C. The molecule has 1 aliphatic rings. The first-order chi connectivity index (χ1) is 13.1. The second kappa shape index (κ2) is 7.34. The van der Waals surface area contributed by atoms with E-state index in [9.17, 15) is 4.79 Å². The molecule has 1 aliphatic heterocycles. The van der Waals surface area contributed by atoms with Gasteiger partial charge >= 0.3 is 0 Å². The molecule has 4 rings (SSSR count). The molecule has 0 unspecified atom stereocenters. The van der Waals surface area contributed by atoms with Gasteiger partial charge in [-0.15, -0.1) is 0 Å². The van der Waals surface area contributed by atoms with Gasteiger partial charge in [-0.3, -0.25) is 9.48 Å². The normalized spacial score (nSPS) is 15.3. The standard InChI is InChI=1S/C20H23N5O2/c1-14-12-17(22-24(14)2)20(26)25-10-8-15(9-11-25)13-18-21-19(27-23-18)16-6-4-3-5-7-16/h3-7,12,15H,8-11,13H2,1-2H3. The molecule has 0 atom stereocenters. The number of nitrogens with zero attached hydrogens (tertiary/aromatic N) is 5. The first-order valence-electron chi connectivity index (χ1n) is 9.28. The average Bonchev–Trinajstić information content (AvgIpc) is 3.29. The highest BCUT2D eigenvalue weighted by molar-refractivity contribution is 5.92. The summed E-state index contributed by atoms with van der Waals surface area (Å²) in [5.74, 6) is 1.77. The van der Waals surface area contributed by atoms with E-state index in [-0.39, 0.29) is 5.91 Å². The zero-order valence-corrected chi connectivity index (χ0v) is 15.6. The number of hydrogen-bond donors (Lipinski definition) is 0. The second-order valence-corrected chi connectivity index (χ2v) is 7.12. The van der Waals surface area contributed by atoms with Crippen LogP contribution in [0.15, 0.2) is 40.9 Å². The van der Waals surface area contributed by atoms with Crippen molar-refractivity contribution in [3.63, 3.8) is 0 Å². The van der Waals surface area contributed by atoms with Gasteiger partial charge in [-0.2, -0.15) is 10.1 Å². The van der Waals surface area contributed by atoms with Gasteiger partial charge in [0.25, 0.3) is 11.8 Å². The van der Waals surface area contributed by atoms with Crippen LogP contribution in [0.25, 0.3) is 11.5 Å². The van der Waals surface area contributed by atoms with Crippen molar-refractivity contribution in [2.45, 2.75) is 26.2 Å². The van der Waals surface area contributed by atoms with Gasteiger partial charge in [0.2, 0.25) is 0 Å². The highest BCUT2D eigenvalue weighted by Gasteiger charge is 2.26. The molecule has 7 nitrogen and oxygen atoms in total. The van der Waals surface area contributed by atoms with Crippen molar-refractivity contribution in [3.05, 3.63) is 53.6 Å². The lowest BCUT2D eigenvalue weighted by Gasteiger charge is -2.31. The van der Waals surface area contributed by atoms with Crippen LogP contribution in [0.2, 0.25) is 0 Å². The topological polar surface area (TPSA) is 77.1 Å². The van der Waals surface area contributed by atoms with Crippen molar-refractivity contribution in [1.82, 2.24) is 24.8 Å². The molecule has 0 spiro atoms. The van der Waals surface area contributed by atoms with Gasteiger partial charge in [0.05, 0.1) is 0 Å². The van der Waals surface area contributed by atoms with Crippen LogP contribution in [0.4, 0.5) is 0 Å². The maximum atomic E-state index is 12.6. The van der Waals surface area contributed by atoms with Crippen molar-refractivity contribution in [1.29, 1.82) is 0 Å². The highest BCUT2D eigenvalue weighted by atomic mass is 16.5. The van der Waals surface area contributed by atoms with Crippen LogP contribution < -0.4 is 0 Å². The molecule has 1 aromatic carbocycles. The van der Waals surface area contributed by atoms with Gasteiger partial charge in [-0.1, -0.05) is 23.4 Å². The highest BCUT2D eigenvalue weighted by Crippen LogP contribution is 2.23. The number of amides is 1. The molecule has 1 amide bonds. The van der Waals surface area contributed by atoms with E-state index in [0.717, 1.165) is 49.4 Å². The minimum Gasteiger partial charge on any atom is -0.337 e. The number of carbonyl (C=O) groups is 1. The van der Waals surface area contributed by atoms with Crippen molar-refractivity contribution >= 4 is 5.91 Å². The summed E-state index contributed by atoms with van der Waals surface area (Å²) in [6.07, 6.45) is 2.65. The predicted octanol–water partition coefficient (Wildman–Crippen LogP) is 2.87. The number of rotatable bonds is 4. The Morgan fingerprint density at radius 3 is 2.63 bits per heavy atom. The number of hydrogen-bond acceptors (Lipinski definition) is 5. The molecule has 2 aromatic heterocycles. The fraction of sp³-hybridized carbons (Fsp3) is 0.400. The molecule has 0 radical (unpaired) electrons. The number of likely N-dealkylation sites (tertiary alicyclic amines) is 1. The Kier molecular flexibility index (Phi) is 4.75. The van der Waals surface area contributed by atoms with E-state index in [1.807, 2.05) is 55.3 Å². The largest absolute Gasteiger partial charge is 0.337 e. The van der Waals surface area contributed by atoms with Gasteiger partial charge in [0.1, 0.15) is 0 Å². The fourth-order valence-electron chi connectivity index (χ4n) is 3.46. The van der Waals surface area contributed by atoms with Gasteiger partial charge in [0.15, 0.2) is 11.5 Å². The predicted molar refractivity (Wildman–Crippen MR) is 100 cm³/mol. The molecule has 0 N–H and O–H groups in total. The fourth-order valence-corrected chi connectivity index (χ4v) is 3.46. The second-order valence-electron chi connectivity index (χ2n) is 7.12. The lowest BCUT2D eigenvalue weighted by atomic mass is 9.93. The van der Waals surface area contributed by atoms with E-state index in [2.05, 4.69) is 15.2 Å². The van der Waals surface area contributed by atoms with Gasteiger partial charge in [0, 0.05) is 37.8 Å². The van der Waals surface area contributed by atoms with E-state index in [4.69, 9.17) is 4.52 Å². The maximum Gasteiger partial charge on any atom is 0.274 e. The van der Waals surface area contributed by atoms with Crippen LogP contribution in [0.1, 0.15) is 34.8 Å². The van der Waals surface area contributed by atoms with E-state index >= 15 is 0 Å². The summed E-state index contributed by atoms with van der Waals surface area (Å²) >= 11 is 0. The Morgan fingerprint density at radius 2 is 1.96 bits per heavy atom. The number of aryl methyl sites for hydroxylation is 2. The van der Waals surface area contributed by atoms with Gasteiger partial charge < -0.3 is 9.42 Å². The summed E-state index contributed by atoms with van der Waals surface area (Å²) in [7, 11) is 1.85. The molecule has 0 aliphatic carbocycles. The van der Waals surface area contributed by atoms with Crippen molar-refractivity contribution in [2.75, 3.05) is 13.1 Å². The first-order valence-corrected chi connectivity index (χ1v) is 9.28. The summed E-state index contributed by atoms with van der Waals surface area (Å²) < 4.78 is 7.12. The van der Waals surface area contributed by atoms with Crippen molar-refractivity contribution in [2.24, 2.45) is 13.0 Å². The number of benzene rings is 1. The average molecular weight is 365 g/mol. The number of carbonyl (C=O) groups excluding carboxylic acids is 1. The van der Waals surface area contributed by atoms with Gasteiger partial charge in [-0.05, 0) is 43.9 Å². The zero-order valence-electron chi connectivity index (χ0n) is 15.6. The minimum atomic E-state index is 0.0167. The molecule has 1 fully saturated rings.